The molecule has 0 saturated heterocycles. The number of hydrogen-bond donors (Lipinski definition) is 1. The van der Waals surface area contributed by atoms with Gasteiger partial charge in [-0.3, -0.25) is 0 Å². The van der Waals surface area contributed by atoms with Gasteiger partial charge >= 0.3 is 0 Å². The third kappa shape index (κ3) is 6.07. The molecule has 0 atom stereocenters. The second-order valence-electron chi connectivity index (χ2n) is 4.82. The Hall–Kier alpha value is -1.54. The lowest BCUT2D eigenvalue weighted by atomic mass is 10.1. The first-order valence-corrected chi connectivity index (χ1v) is 7.54. The van der Waals surface area contributed by atoms with Crippen molar-refractivity contribution in [1.82, 2.24) is 0 Å². The first-order chi connectivity index (χ1) is 9.79. The summed E-state index contributed by atoms with van der Waals surface area (Å²) in [5.74, 6) is 0.350. The van der Waals surface area contributed by atoms with Crippen LogP contribution in [-0.2, 0) is 4.74 Å². The number of fused-ring (bicyclic) bond motifs is 1. The van der Waals surface area contributed by atoms with Gasteiger partial charge in [-0.15, -0.1) is 0 Å². The lowest BCUT2D eigenvalue weighted by Gasteiger charge is -1.99. The van der Waals surface area contributed by atoms with Gasteiger partial charge < -0.3 is 9.84 Å². The van der Waals surface area contributed by atoms with Crippen LogP contribution in [0.3, 0.4) is 0 Å². The molecule has 1 N–H and O–H groups in total. The van der Waals surface area contributed by atoms with Crippen LogP contribution in [0.1, 0.15) is 39.5 Å². The Kier molecular flexibility index (Phi) is 8.48. The fourth-order valence-corrected chi connectivity index (χ4v) is 1.80. The number of ether oxygens (including phenoxy) is 1. The van der Waals surface area contributed by atoms with Crippen LogP contribution in [0.25, 0.3) is 10.8 Å². The lowest BCUT2D eigenvalue weighted by molar-refractivity contribution is 0.128. The zero-order valence-corrected chi connectivity index (χ0v) is 12.6. The van der Waals surface area contributed by atoms with Crippen molar-refractivity contribution < 1.29 is 9.84 Å². The maximum Gasteiger partial charge on any atom is 0.123 e. The molecule has 0 radical (unpaired) electrons. The quantitative estimate of drug-likeness (QED) is 0.738. The van der Waals surface area contributed by atoms with E-state index in [1.807, 2.05) is 36.4 Å². The molecule has 2 heteroatoms. The average Bonchev–Trinajstić information content (AvgIpc) is 2.49. The minimum atomic E-state index is 0.350. The predicted molar refractivity (Wildman–Crippen MR) is 86.2 cm³/mol. The van der Waals surface area contributed by atoms with Crippen LogP contribution in [0.2, 0.25) is 0 Å². The Morgan fingerprint density at radius 3 is 2.05 bits per heavy atom. The van der Waals surface area contributed by atoms with Gasteiger partial charge in [0.1, 0.15) is 5.75 Å². The molecule has 0 spiro atoms. The van der Waals surface area contributed by atoms with E-state index in [0.717, 1.165) is 24.0 Å². The molecule has 0 saturated carbocycles. The topological polar surface area (TPSA) is 29.5 Å². The molecule has 0 heterocycles. The highest BCUT2D eigenvalue weighted by atomic mass is 16.5. The zero-order chi connectivity index (χ0) is 14.6. The van der Waals surface area contributed by atoms with E-state index in [1.54, 1.807) is 6.07 Å². The molecule has 0 amide bonds. The number of unbranched alkanes of at least 4 members (excludes halogenated alkanes) is 2. The maximum atomic E-state index is 9.37. The summed E-state index contributed by atoms with van der Waals surface area (Å²) in [7, 11) is 0. The summed E-state index contributed by atoms with van der Waals surface area (Å²) < 4.78 is 5.31. The smallest absolute Gasteiger partial charge is 0.123 e. The molecular weight excluding hydrogens is 248 g/mol. The molecule has 0 aliphatic heterocycles. The molecular formula is C18H26O2. The Labute approximate surface area is 122 Å². The van der Waals surface area contributed by atoms with Crippen LogP contribution in [-0.4, -0.2) is 18.3 Å². The van der Waals surface area contributed by atoms with Gasteiger partial charge in [0.05, 0.1) is 0 Å². The molecule has 2 aromatic rings. The number of phenols is 1. The van der Waals surface area contributed by atoms with Gasteiger partial charge in [-0.25, -0.2) is 0 Å². The maximum absolute atomic E-state index is 9.37. The Morgan fingerprint density at radius 1 is 0.850 bits per heavy atom. The van der Waals surface area contributed by atoms with Crippen LogP contribution in [0.4, 0.5) is 0 Å². The second kappa shape index (κ2) is 10.3. The molecule has 0 aliphatic carbocycles. The van der Waals surface area contributed by atoms with Gasteiger partial charge in [-0.05, 0) is 24.3 Å². The monoisotopic (exact) mass is 274 g/mol. The summed E-state index contributed by atoms with van der Waals surface area (Å²) in [6.45, 7) is 6.28. The van der Waals surface area contributed by atoms with Crippen LogP contribution in [0, 0.1) is 0 Å². The van der Waals surface area contributed by atoms with E-state index >= 15 is 0 Å². The Bertz CT molecular complexity index is 468. The lowest BCUT2D eigenvalue weighted by Crippen LogP contribution is -1.95. The van der Waals surface area contributed by atoms with E-state index in [2.05, 4.69) is 13.8 Å². The van der Waals surface area contributed by atoms with Crippen molar-refractivity contribution in [3.63, 3.8) is 0 Å². The number of benzene rings is 2. The summed E-state index contributed by atoms with van der Waals surface area (Å²) in [6.07, 6.45) is 4.91. The first-order valence-electron chi connectivity index (χ1n) is 7.54. The minimum Gasteiger partial charge on any atom is -0.507 e. The van der Waals surface area contributed by atoms with Crippen LogP contribution >= 0.6 is 0 Å². The van der Waals surface area contributed by atoms with Crippen molar-refractivity contribution in [1.29, 1.82) is 0 Å². The first kappa shape index (κ1) is 16.5. The predicted octanol–water partition coefficient (Wildman–Crippen LogP) is 5.15. The Balaban J connectivity index is 0.000000206. The summed E-state index contributed by atoms with van der Waals surface area (Å²) in [4.78, 5) is 0. The van der Waals surface area contributed by atoms with E-state index in [1.165, 1.54) is 25.7 Å². The van der Waals surface area contributed by atoms with Gasteiger partial charge in [-0.2, -0.15) is 0 Å². The fourth-order valence-electron chi connectivity index (χ4n) is 1.80. The molecule has 0 aromatic heterocycles. The van der Waals surface area contributed by atoms with Crippen LogP contribution in [0.15, 0.2) is 42.5 Å². The SMILES string of the molecule is CCCCOCCCC.Oc1cccc2ccccc12. The normalized spacial score (nSPS) is 10.1. The highest BCUT2D eigenvalue weighted by Crippen LogP contribution is 2.22. The second-order valence-corrected chi connectivity index (χ2v) is 4.82. The highest BCUT2D eigenvalue weighted by Gasteiger charge is 1.94. The Morgan fingerprint density at radius 2 is 1.45 bits per heavy atom. The zero-order valence-electron chi connectivity index (χ0n) is 12.6. The molecule has 110 valence electrons. The van der Waals surface area contributed by atoms with Gasteiger partial charge in [0.2, 0.25) is 0 Å². The fraction of sp³-hybridized carbons (Fsp3) is 0.444. The van der Waals surface area contributed by atoms with Gasteiger partial charge in [0.25, 0.3) is 0 Å². The van der Waals surface area contributed by atoms with E-state index in [4.69, 9.17) is 4.74 Å². The number of hydrogen-bond acceptors (Lipinski definition) is 2. The molecule has 0 unspecified atom stereocenters. The standard InChI is InChI=1S/C10H8O.C8H18O/c11-10-7-3-5-8-4-1-2-6-9(8)10;1-3-5-7-9-8-6-4-2/h1-7,11H;3-8H2,1-2H3. The third-order valence-corrected chi connectivity index (χ3v) is 3.05. The van der Waals surface area contributed by atoms with E-state index in [-0.39, 0.29) is 0 Å². The van der Waals surface area contributed by atoms with E-state index in [0.29, 0.717) is 5.75 Å². The van der Waals surface area contributed by atoms with Crippen molar-refractivity contribution >= 4 is 10.8 Å². The number of phenolic OH excluding ortho intramolecular Hbond substituents is 1. The highest BCUT2D eigenvalue weighted by molar-refractivity contribution is 5.87. The van der Waals surface area contributed by atoms with Gasteiger partial charge in [0, 0.05) is 18.6 Å². The molecule has 0 bridgehead atoms. The van der Waals surface area contributed by atoms with Gasteiger partial charge in [0.15, 0.2) is 0 Å². The van der Waals surface area contributed by atoms with Crippen molar-refractivity contribution in [2.75, 3.05) is 13.2 Å². The summed E-state index contributed by atoms with van der Waals surface area (Å²) in [5, 5.41) is 11.4. The molecule has 2 rings (SSSR count). The molecule has 2 aromatic carbocycles. The van der Waals surface area contributed by atoms with Crippen molar-refractivity contribution in [3.8, 4) is 5.75 Å². The minimum absolute atomic E-state index is 0.350. The van der Waals surface area contributed by atoms with Crippen molar-refractivity contribution in [2.45, 2.75) is 39.5 Å². The van der Waals surface area contributed by atoms with Gasteiger partial charge in [-0.1, -0.05) is 63.1 Å². The average molecular weight is 274 g/mol. The van der Waals surface area contributed by atoms with Crippen molar-refractivity contribution in [2.24, 2.45) is 0 Å². The molecule has 2 nitrogen and oxygen atoms in total. The van der Waals surface area contributed by atoms with Crippen LogP contribution in [0.5, 0.6) is 5.75 Å². The van der Waals surface area contributed by atoms with Crippen molar-refractivity contribution in [3.05, 3.63) is 42.5 Å². The third-order valence-electron chi connectivity index (χ3n) is 3.05. The summed E-state index contributed by atoms with van der Waals surface area (Å²) in [6, 6.07) is 13.3. The molecule has 0 fully saturated rings. The number of rotatable bonds is 6. The molecule has 20 heavy (non-hydrogen) atoms. The molecule has 0 aliphatic rings. The van der Waals surface area contributed by atoms with Crippen LogP contribution < -0.4 is 0 Å². The van der Waals surface area contributed by atoms with E-state index < -0.39 is 0 Å². The van der Waals surface area contributed by atoms with E-state index in [9.17, 15) is 5.11 Å². The summed E-state index contributed by atoms with van der Waals surface area (Å²) >= 11 is 0. The number of aromatic hydroxyl groups is 1. The largest absolute Gasteiger partial charge is 0.507 e. The summed E-state index contributed by atoms with van der Waals surface area (Å²) in [5.41, 5.74) is 0.